The van der Waals surface area contributed by atoms with Crippen LogP contribution in [-0.4, -0.2) is 36.7 Å². The lowest BCUT2D eigenvalue weighted by Crippen LogP contribution is -2.53. The van der Waals surface area contributed by atoms with Crippen molar-refractivity contribution in [3.63, 3.8) is 0 Å². The molecule has 3 unspecified atom stereocenters. The van der Waals surface area contributed by atoms with Crippen LogP contribution in [-0.2, 0) is 4.74 Å². The lowest BCUT2D eigenvalue weighted by Gasteiger charge is -2.44. The number of nitrogens with zero attached hydrogens (tertiary/aromatic N) is 1. The topological polar surface area (TPSA) is 38.5 Å². The molecule has 116 valence electrons. The third-order valence-electron chi connectivity index (χ3n) is 4.87. The average Bonchev–Trinajstić information content (AvgIpc) is 2.53. The summed E-state index contributed by atoms with van der Waals surface area (Å²) in [6, 6.07) is 9.14. The van der Waals surface area contributed by atoms with E-state index in [-0.39, 0.29) is 6.04 Å². The predicted molar refractivity (Wildman–Crippen MR) is 89.3 cm³/mol. The molecule has 2 fully saturated rings. The van der Waals surface area contributed by atoms with E-state index in [1.807, 2.05) is 0 Å². The Morgan fingerprint density at radius 1 is 1.24 bits per heavy atom. The second-order valence-corrected chi connectivity index (χ2v) is 7.16. The highest BCUT2D eigenvalue weighted by Crippen LogP contribution is 2.29. The van der Waals surface area contributed by atoms with E-state index in [0.29, 0.717) is 12.1 Å². The molecule has 1 aromatic carbocycles. The van der Waals surface area contributed by atoms with Gasteiger partial charge in [-0.15, -0.1) is 0 Å². The van der Waals surface area contributed by atoms with Gasteiger partial charge in [-0.2, -0.15) is 0 Å². The molecule has 1 aromatic rings. The zero-order valence-corrected chi connectivity index (χ0v) is 14.1. The molecule has 3 atom stereocenters. The van der Waals surface area contributed by atoms with E-state index >= 15 is 0 Å². The van der Waals surface area contributed by atoms with Crippen molar-refractivity contribution in [2.24, 2.45) is 5.73 Å². The van der Waals surface area contributed by atoms with Crippen LogP contribution in [0.2, 0.25) is 0 Å². The molecule has 2 aliphatic rings. The molecule has 2 N–H and O–H groups in total. The van der Waals surface area contributed by atoms with Gasteiger partial charge in [0.15, 0.2) is 0 Å². The summed E-state index contributed by atoms with van der Waals surface area (Å²) in [5.41, 5.74) is 7.59. The molecule has 0 radical (unpaired) electrons. The quantitative estimate of drug-likeness (QED) is 0.901. The first-order valence-corrected chi connectivity index (χ1v) is 8.90. The smallest absolute Gasteiger partial charge is 0.0730 e. The third-order valence-corrected chi connectivity index (χ3v) is 5.40. The summed E-state index contributed by atoms with van der Waals surface area (Å²) in [6.45, 7) is 3.03. The van der Waals surface area contributed by atoms with Crippen LogP contribution < -0.4 is 5.73 Å². The fraction of sp³-hybridized carbons (Fsp3) is 0.647. The highest BCUT2D eigenvalue weighted by Gasteiger charge is 2.33. The Balaban J connectivity index is 1.55. The minimum absolute atomic E-state index is 0.128. The maximum atomic E-state index is 6.36. The number of hydrogen-bond acceptors (Lipinski definition) is 3. The zero-order valence-electron chi connectivity index (χ0n) is 12.5. The first kappa shape index (κ1) is 15.5. The van der Waals surface area contributed by atoms with Crippen molar-refractivity contribution in [2.45, 2.75) is 50.3 Å². The second-order valence-electron chi connectivity index (χ2n) is 6.24. The van der Waals surface area contributed by atoms with E-state index in [1.165, 1.54) is 31.2 Å². The van der Waals surface area contributed by atoms with Gasteiger partial charge in [-0.3, -0.25) is 4.90 Å². The van der Waals surface area contributed by atoms with Gasteiger partial charge in [0.05, 0.1) is 12.7 Å². The van der Waals surface area contributed by atoms with Crippen molar-refractivity contribution in [3.05, 3.63) is 34.3 Å². The van der Waals surface area contributed by atoms with Gasteiger partial charge in [0.1, 0.15) is 0 Å². The van der Waals surface area contributed by atoms with Gasteiger partial charge < -0.3 is 10.5 Å². The van der Waals surface area contributed by atoms with Crippen LogP contribution in [0, 0.1) is 0 Å². The summed E-state index contributed by atoms with van der Waals surface area (Å²) in [7, 11) is 0. The van der Waals surface area contributed by atoms with Crippen LogP contribution >= 0.6 is 15.9 Å². The second kappa shape index (κ2) is 7.23. The molecular weight excluding hydrogens is 328 g/mol. The molecule has 1 saturated carbocycles. The van der Waals surface area contributed by atoms with E-state index in [0.717, 1.165) is 30.6 Å². The van der Waals surface area contributed by atoms with Gasteiger partial charge in [0.2, 0.25) is 0 Å². The molecule has 1 heterocycles. The first-order valence-electron chi connectivity index (χ1n) is 8.11. The number of fused-ring (bicyclic) bond motifs is 1. The number of benzene rings is 1. The van der Waals surface area contributed by atoms with Crippen LogP contribution in [0.15, 0.2) is 28.7 Å². The first-order chi connectivity index (χ1) is 10.2. The van der Waals surface area contributed by atoms with Gasteiger partial charge in [0, 0.05) is 29.6 Å². The molecule has 0 aromatic heterocycles. The summed E-state index contributed by atoms with van der Waals surface area (Å²) >= 11 is 3.47. The Morgan fingerprint density at radius 2 is 2.00 bits per heavy atom. The van der Waals surface area contributed by atoms with Crippen molar-refractivity contribution >= 4 is 15.9 Å². The van der Waals surface area contributed by atoms with E-state index in [2.05, 4.69) is 45.1 Å². The summed E-state index contributed by atoms with van der Waals surface area (Å²) in [6.07, 6.45) is 6.69. The molecule has 1 aliphatic heterocycles. The SMILES string of the molecule is NC(CCN1CCOC2CCCCC21)c1ccc(Br)cc1. The summed E-state index contributed by atoms with van der Waals surface area (Å²) < 4.78 is 7.05. The van der Waals surface area contributed by atoms with E-state index < -0.39 is 0 Å². The van der Waals surface area contributed by atoms with Crippen LogP contribution in [0.25, 0.3) is 0 Å². The van der Waals surface area contributed by atoms with Crippen molar-refractivity contribution in [1.82, 2.24) is 4.90 Å². The zero-order chi connectivity index (χ0) is 14.7. The Kier molecular flexibility index (Phi) is 5.33. The molecule has 0 bridgehead atoms. The van der Waals surface area contributed by atoms with Crippen LogP contribution in [0.3, 0.4) is 0 Å². The van der Waals surface area contributed by atoms with Gasteiger partial charge in [-0.1, -0.05) is 40.9 Å². The lowest BCUT2D eigenvalue weighted by atomic mass is 9.90. The highest BCUT2D eigenvalue weighted by atomic mass is 79.9. The lowest BCUT2D eigenvalue weighted by molar-refractivity contribution is -0.0885. The van der Waals surface area contributed by atoms with Gasteiger partial charge in [0.25, 0.3) is 0 Å². The standard InChI is InChI=1S/C17H25BrN2O/c18-14-7-5-13(6-8-14)15(19)9-10-20-11-12-21-17-4-2-1-3-16(17)20/h5-8,15-17H,1-4,9-12,19H2. The molecular formula is C17H25BrN2O. The fourth-order valence-corrected chi connectivity index (χ4v) is 3.90. The molecule has 4 heteroatoms. The maximum absolute atomic E-state index is 6.36. The third kappa shape index (κ3) is 3.86. The molecule has 1 saturated heterocycles. The Morgan fingerprint density at radius 3 is 2.81 bits per heavy atom. The van der Waals surface area contributed by atoms with E-state index in [1.54, 1.807) is 0 Å². The Labute approximate surface area is 136 Å². The monoisotopic (exact) mass is 352 g/mol. The predicted octanol–water partition coefficient (Wildman–Crippen LogP) is 3.48. The minimum atomic E-state index is 0.128. The van der Waals surface area contributed by atoms with E-state index in [9.17, 15) is 0 Å². The van der Waals surface area contributed by atoms with Crippen molar-refractivity contribution < 1.29 is 4.74 Å². The summed E-state index contributed by atoms with van der Waals surface area (Å²) in [5.74, 6) is 0. The van der Waals surface area contributed by atoms with Crippen LogP contribution in [0.1, 0.15) is 43.7 Å². The van der Waals surface area contributed by atoms with Gasteiger partial charge in [-0.05, 0) is 37.0 Å². The number of nitrogens with two attached hydrogens (primary N) is 1. The summed E-state index contributed by atoms with van der Waals surface area (Å²) in [5, 5.41) is 0. The number of hydrogen-bond donors (Lipinski definition) is 1. The van der Waals surface area contributed by atoms with Gasteiger partial charge >= 0.3 is 0 Å². The number of rotatable bonds is 4. The van der Waals surface area contributed by atoms with Crippen molar-refractivity contribution in [1.29, 1.82) is 0 Å². The van der Waals surface area contributed by atoms with Crippen molar-refractivity contribution in [2.75, 3.05) is 19.7 Å². The average molecular weight is 353 g/mol. The van der Waals surface area contributed by atoms with Crippen LogP contribution in [0.5, 0.6) is 0 Å². The number of halogens is 1. The van der Waals surface area contributed by atoms with Crippen LogP contribution in [0.4, 0.5) is 0 Å². The molecule has 3 nitrogen and oxygen atoms in total. The van der Waals surface area contributed by atoms with E-state index in [4.69, 9.17) is 10.5 Å². The number of ether oxygens (including phenoxy) is 1. The molecule has 3 rings (SSSR count). The minimum Gasteiger partial charge on any atom is -0.375 e. The maximum Gasteiger partial charge on any atom is 0.0730 e. The Hall–Kier alpha value is -0.420. The van der Waals surface area contributed by atoms with Gasteiger partial charge in [-0.25, -0.2) is 0 Å². The molecule has 0 amide bonds. The van der Waals surface area contributed by atoms with Crippen molar-refractivity contribution in [3.8, 4) is 0 Å². The highest BCUT2D eigenvalue weighted by molar-refractivity contribution is 9.10. The summed E-state index contributed by atoms with van der Waals surface area (Å²) in [4.78, 5) is 2.62. The number of morpholine rings is 1. The fourth-order valence-electron chi connectivity index (χ4n) is 3.64. The molecule has 1 aliphatic carbocycles. The largest absolute Gasteiger partial charge is 0.375 e. The Bertz CT molecular complexity index is 449. The molecule has 21 heavy (non-hydrogen) atoms. The molecule has 0 spiro atoms. The normalized spacial score (nSPS) is 28.1.